The first-order valence-electron chi connectivity index (χ1n) is 5.02. The highest BCUT2D eigenvalue weighted by atomic mass is 32.1. The van der Waals surface area contributed by atoms with Gasteiger partial charge in [-0.25, -0.2) is 0 Å². The average Bonchev–Trinajstić information content (AvgIpc) is 2.70. The van der Waals surface area contributed by atoms with Crippen molar-refractivity contribution in [2.75, 3.05) is 26.9 Å². The number of nitrogens with two attached hydrogens (primary N) is 1. The molecule has 2 N–H and O–H groups in total. The van der Waals surface area contributed by atoms with E-state index >= 15 is 0 Å². The third-order valence-electron chi connectivity index (χ3n) is 2.01. The molecule has 0 aromatic carbocycles. The number of hydrogen-bond acceptors (Lipinski definition) is 5. The predicted molar refractivity (Wildman–Crippen MR) is 61.1 cm³/mol. The lowest BCUT2D eigenvalue weighted by Gasteiger charge is -2.10. The van der Waals surface area contributed by atoms with Gasteiger partial charge in [-0.15, -0.1) is 11.3 Å². The zero-order chi connectivity index (χ0) is 10.9. The van der Waals surface area contributed by atoms with Crippen LogP contribution >= 0.6 is 11.3 Å². The normalized spacial score (nSPS) is 12.9. The summed E-state index contributed by atoms with van der Waals surface area (Å²) in [6.07, 6.45) is 3.64. The number of nitrogens with zero attached hydrogens (tertiary/aromatic N) is 1. The van der Waals surface area contributed by atoms with Gasteiger partial charge in [-0.2, -0.15) is 0 Å². The molecular weight excluding hydrogens is 212 g/mol. The molecule has 0 saturated heterocycles. The molecule has 1 atom stereocenters. The Labute approximate surface area is 94.4 Å². The van der Waals surface area contributed by atoms with Gasteiger partial charge < -0.3 is 15.2 Å². The highest BCUT2D eigenvalue weighted by Crippen LogP contribution is 2.09. The minimum atomic E-state index is 0.160. The van der Waals surface area contributed by atoms with E-state index in [2.05, 4.69) is 4.98 Å². The molecule has 1 aromatic heterocycles. The molecule has 1 heterocycles. The fourth-order valence-electron chi connectivity index (χ4n) is 1.18. The van der Waals surface area contributed by atoms with Gasteiger partial charge in [0.05, 0.1) is 18.7 Å². The summed E-state index contributed by atoms with van der Waals surface area (Å²) in [5.41, 5.74) is 7.78. The van der Waals surface area contributed by atoms with Gasteiger partial charge >= 0.3 is 0 Å². The molecule has 86 valence electrons. The van der Waals surface area contributed by atoms with Gasteiger partial charge in [0, 0.05) is 30.8 Å². The van der Waals surface area contributed by atoms with Gasteiger partial charge in [-0.3, -0.25) is 4.98 Å². The van der Waals surface area contributed by atoms with E-state index in [0.29, 0.717) is 19.8 Å². The van der Waals surface area contributed by atoms with Crippen LogP contribution in [0.5, 0.6) is 0 Å². The topological polar surface area (TPSA) is 57.4 Å². The first-order valence-corrected chi connectivity index (χ1v) is 5.90. The highest BCUT2D eigenvalue weighted by Gasteiger charge is 2.05. The van der Waals surface area contributed by atoms with E-state index < -0.39 is 0 Å². The molecule has 0 aliphatic rings. The van der Waals surface area contributed by atoms with Crippen molar-refractivity contribution in [3.05, 3.63) is 16.6 Å². The van der Waals surface area contributed by atoms with Crippen LogP contribution in [0.15, 0.2) is 11.7 Å². The molecule has 1 aromatic rings. The third kappa shape index (κ3) is 5.84. The molecule has 0 spiro atoms. The lowest BCUT2D eigenvalue weighted by molar-refractivity contribution is 0.0672. The van der Waals surface area contributed by atoms with Crippen molar-refractivity contribution >= 4 is 11.3 Å². The van der Waals surface area contributed by atoms with Crippen LogP contribution in [0.3, 0.4) is 0 Å². The standard InChI is InChI=1S/C10H18N2O2S/c1-13-4-5-14-3-2-9(11)6-10-7-12-8-15-10/h7-9H,2-6,11H2,1H3. The third-order valence-corrected chi connectivity index (χ3v) is 2.81. The van der Waals surface area contributed by atoms with Crippen molar-refractivity contribution in [1.82, 2.24) is 4.98 Å². The van der Waals surface area contributed by atoms with Crippen LogP contribution in [-0.2, 0) is 15.9 Å². The molecule has 0 fully saturated rings. The van der Waals surface area contributed by atoms with E-state index in [9.17, 15) is 0 Å². The Morgan fingerprint density at radius 2 is 2.33 bits per heavy atom. The van der Waals surface area contributed by atoms with E-state index in [0.717, 1.165) is 12.8 Å². The van der Waals surface area contributed by atoms with E-state index in [-0.39, 0.29) is 6.04 Å². The molecule has 4 nitrogen and oxygen atoms in total. The molecule has 0 radical (unpaired) electrons. The van der Waals surface area contributed by atoms with E-state index in [1.165, 1.54) is 4.88 Å². The van der Waals surface area contributed by atoms with Crippen molar-refractivity contribution in [1.29, 1.82) is 0 Å². The van der Waals surface area contributed by atoms with E-state index in [1.807, 2.05) is 11.7 Å². The Hall–Kier alpha value is -0.490. The maximum Gasteiger partial charge on any atom is 0.0794 e. The van der Waals surface area contributed by atoms with Crippen molar-refractivity contribution in [2.24, 2.45) is 5.73 Å². The minimum absolute atomic E-state index is 0.160. The average molecular weight is 230 g/mol. The summed E-state index contributed by atoms with van der Waals surface area (Å²) >= 11 is 1.65. The smallest absolute Gasteiger partial charge is 0.0794 e. The van der Waals surface area contributed by atoms with Crippen LogP contribution in [0.4, 0.5) is 0 Å². The molecule has 0 aliphatic carbocycles. The summed E-state index contributed by atoms with van der Waals surface area (Å²) in [6, 6.07) is 0.160. The van der Waals surface area contributed by atoms with E-state index in [1.54, 1.807) is 18.4 Å². The number of methoxy groups -OCH3 is 1. The van der Waals surface area contributed by atoms with Crippen LogP contribution in [0.25, 0.3) is 0 Å². The summed E-state index contributed by atoms with van der Waals surface area (Å²) in [6.45, 7) is 1.98. The lowest BCUT2D eigenvalue weighted by atomic mass is 10.1. The summed E-state index contributed by atoms with van der Waals surface area (Å²) in [4.78, 5) is 5.25. The summed E-state index contributed by atoms with van der Waals surface area (Å²) in [5, 5.41) is 0. The molecule has 0 saturated carbocycles. The van der Waals surface area contributed by atoms with Gasteiger partial charge in [0.2, 0.25) is 0 Å². The monoisotopic (exact) mass is 230 g/mol. The molecular formula is C10H18N2O2S. The van der Waals surface area contributed by atoms with Gasteiger partial charge in [-0.05, 0) is 12.8 Å². The maximum atomic E-state index is 5.95. The second kappa shape index (κ2) is 7.76. The van der Waals surface area contributed by atoms with Crippen LogP contribution in [-0.4, -0.2) is 38.0 Å². The second-order valence-electron chi connectivity index (χ2n) is 3.33. The molecule has 0 aliphatic heterocycles. The number of aromatic nitrogens is 1. The van der Waals surface area contributed by atoms with Crippen LogP contribution in [0.1, 0.15) is 11.3 Å². The Morgan fingerprint density at radius 3 is 3.00 bits per heavy atom. The number of rotatable bonds is 8. The molecule has 1 unspecified atom stereocenters. The second-order valence-corrected chi connectivity index (χ2v) is 4.30. The van der Waals surface area contributed by atoms with E-state index in [4.69, 9.17) is 15.2 Å². The first-order chi connectivity index (χ1) is 7.33. The Morgan fingerprint density at radius 1 is 1.47 bits per heavy atom. The quantitative estimate of drug-likeness (QED) is 0.679. The molecule has 0 bridgehead atoms. The fraction of sp³-hybridized carbons (Fsp3) is 0.700. The van der Waals surface area contributed by atoms with Gasteiger partial charge in [0.25, 0.3) is 0 Å². The molecule has 5 heteroatoms. The molecule has 0 amide bonds. The van der Waals surface area contributed by atoms with Gasteiger partial charge in [0.15, 0.2) is 0 Å². The minimum Gasteiger partial charge on any atom is -0.382 e. The Bertz CT molecular complexity index is 242. The van der Waals surface area contributed by atoms with Crippen molar-refractivity contribution in [2.45, 2.75) is 18.9 Å². The van der Waals surface area contributed by atoms with Gasteiger partial charge in [0.1, 0.15) is 0 Å². The first kappa shape index (κ1) is 12.6. The maximum absolute atomic E-state index is 5.95. The Kier molecular flexibility index (Phi) is 6.50. The van der Waals surface area contributed by atoms with Crippen molar-refractivity contribution < 1.29 is 9.47 Å². The number of thiazole rings is 1. The zero-order valence-corrected chi connectivity index (χ0v) is 9.83. The van der Waals surface area contributed by atoms with Crippen LogP contribution < -0.4 is 5.73 Å². The largest absolute Gasteiger partial charge is 0.382 e. The van der Waals surface area contributed by atoms with Crippen molar-refractivity contribution in [3.8, 4) is 0 Å². The summed E-state index contributed by atoms with van der Waals surface area (Å²) in [7, 11) is 1.67. The number of ether oxygens (including phenoxy) is 2. The van der Waals surface area contributed by atoms with Crippen molar-refractivity contribution in [3.63, 3.8) is 0 Å². The SMILES string of the molecule is COCCOCCC(N)Cc1cncs1. The molecule has 15 heavy (non-hydrogen) atoms. The van der Waals surface area contributed by atoms with Gasteiger partial charge in [-0.1, -0.05) is 0 Å². The summed E-state index contributed by atoms with van der Waals surface area (Å²) in [5.74, 6) is 0. The van der Waals surface area contributed by atoms with Crippen LogP contribution in [0, 0.1) is 0 Å². The molecule has 1 rings (SSSR count). The summed E-state index contributed by atoms with van der Waals surface area (Å²) < 4.78 is 10.2. The van der Waals surface area contributed by atoms with Crippen LogP contribution in [0.2, 0.25) is 0 Å². The Balaban J connectivity index is 2.01. The predicted octanol–water partition coefficient (Wildman–Crippen LogP) is 1.07. The lowest BCUT2D eigenvalue weighted by Crippen LogP contribution is -2.24. The zero-order valence-electron chi connectivity index (χ0n) is 9.02. The fourth-order valence-corrected chi connectivity index (χ4v) is 1.87. The number of hydrogen-bond donors (Lipinski definition) is 1. The highest BCUT2D eigenvalue weighted by molar-refractivity contribution is 7.09.